The fourth-order valence-corrected chi connectivity index (χ4v) is 3.34. The molecule has 1 aliphatic rings. The lowest BCUT2D eigenvalue weighted by Crippen LogP contribution is -2.40. The Kier molecular flexibility index (Phi) is 7.15. The summed E-state index contributed by atoms with van der Waals surface area (Å²) in [7, 11) is 0. The number of nitrogens with zero attached hydrogens (tertiary/aromatic N) is 2. The van der Waals surface area contributed by atoms with Crippen LogP contribution in [0.3, 0.4) is 0 Å². The zero-order valence-electron chi connectivity index (χ0n) is 13.6. The van der Waals surface area contributed by atoms with E-state index in [1.807, 2.05) is 0 Å². The van der Waals surface area contributed by atoms with E-state index in [0.29, 0.717) is 24.5 Å². The van der Waals surface area contributed by atoms with Gasteiger partial charge in [0, 0.05) is 24.5 Å². The Bertz CT molecular complexity index is 441. The molecule has 1 saturated heterocycles. The van der Waals surface area contributed by atoms with E-state index in [0.717, 1.165) is 39.3 Å². The number of rotatable bonds is 7. The van der Waals surface area contributed by atoms with Gasteiger partial charge in [0.1, 0.15) is 0 Å². The topological polar surface area (TPSA) is 62.9 Å². The Morgan fingerprint density at radius 3 is 2.86 bits per heavy atom. The minimum Gasteiger partial charge on any atom is -0.379 e. The molecule has 0 saturated carbocycles. The molecule has 0 bridgehead atoms. The molecule has 0 radical (unpaired) electrons. The van der Waals surface area contributed by atoms with Crippen molar-refractivity contribution in [3.63, 3.8) is 0 Å². The Hall–Kier alpha value is -1.11. The summed E-state index contributed by atoms with van der Waals surface area (Å²) in [5, 5.41) is 5.33. The average Bonchev–Trinajstić information content (AvgIpc) is 3.02. The van der Waals surface area contributed by atoms with Gasteiger partial charge < -0.3 is 15.8 Å². The third kappa shape index (κ3) is 5.59. The van der Waals surface area contributed by atoms with Crippen LogP contribution in [-0.4, -0.2) is 50.3 Å². The van der Waals surface area contributed by atoms with E-state index < -0.39 is 0 Å². The minimum atomic E-state index is 0.300. The molecule has 1 unspecified atom stereocenters. The number of thiophene rings is 1. The molecule has 0 aromatic carbocycles. The van der Waals surface area contributed by atoms with E-state index in [1.54, 1.807) is 11.3 Å². The van der Waals surface area contributed by atoms with Crippen LogP contribution in [0, 0.1) is 5.92 Å². The van der Waals surface area contributed by atoms with Crippen LogP contribution < -0.4 is 11.1 Å². The van der Waals surface area contributed by atoms with E-state index in [-0.39, 0.29) is 0 Å². The summed E-state index contributed by atoms with van der Waals surface area (Å²) in [6, 6.07) is 4.58. The summed E-state index contributed by atoms with van der Waals surface area (Å²) in [6.45, 7) is 9.51. The van der Waals surface area contributed by atoms with Gasteiger partial charge in [-0.25, -0.2) is 0 Å². The second-order valence-corrected chi connectivity index (χ2v) is 6.99. The van der Waals surface area contributed by atoms with E-state index >= 15 is 0 Å². The molecule has 124 valence electrons. The monoisotopic (exact) mass is 324 g/mol. The second kappa shape index (κ2) is 9.12. The van der Waals surface area contributed by atoms with Gasteiger partial charge in [0.2, 0.25) is 0 Å². The summed E-state index contributed by atoms with van der Waals surface area (Å²) in [4.78, 5) is 8.35. The van der Waals surface area contributed by atoms with E-state index in [2.05, 4.69) is 46.6 Å². The summed E-state index contributed by atoms with van der Waals surface area (Å²) in [5.74, 6) is 1.22. The van der Waals surface area contributed by atoms with Gasteiger partial charge in [-0.2, -0.15) is 0 Å². The molecule has 0 aliphatic carbocycles. The Labute approximate surface area is 137 Å². The first-order valence-electron chi connectivity index (χ1n) is 8.06. The lowest BCUT2D eigenvalue weighted by atomic mass is 10.1. The van der Waals surface area contributed by atoms with Gasteiger partial charge in [-0.3, -0.25) is 9.89 Å². The highest BCUT2D eigenvalue weighted by atomic mass is 32.1. The summed E-state index contributed by atoms with van der Waals surface area (Å²) < 4.78 is 5.46. The average molecular weight is 324 g/mol. The van der Waals surface area contributed by atoms with Crippen molar-refractivity contribution in [3.05, 3.63) is 22.4 Å². The standard InChI is InChI=1S/C16H28N4OS/c1-13(2)5-6-18-16(17)19-12-14(15-4-3-11-22-15)20-7-9-21-10-8-20/h3-4,11,13-14H,5-10,12H2,1-2H3,(H3,17,18,19). The normalized spacial score (nSPS) is 18.6. The molecule has 0 spiro atoms. The van der Waals surface area contributed by atoms with Crippen LogP contribution in [0.25, 0.3) is 0 Å². The van der Waals surface area contributed by atoms with Crippen molar-refractivity contribution >= 4 is 17.3 Å². The first kappa shape index (κ1) is 17.2. The predicted octanol–water partition coefficient (Wildman–Crippen LogP) is 2.07. The third-order valence-corrected chi connectivity index (χ3v) is 4.79. The maximum Gasteiger partial charge on any atom is 0.188 e. The van der Waals surface area contributed by atoms with Crippen LogP contribution in [0.15, 0.2) is 22.5 Å². The number of guanidine groups is 1. The van der Waals surface area contributed by atoms with Crippen molar-refractivity contribution in [1.29, 1.82) is 0 Å². The smallest absolute Gasteiger partial charge is 0.188 e. The maximum atomic E-state index is 5.99. The third-order valence-electron chi connectivity index (χ3n) is 3.82. The SMILES string of the molecule is CC(C)CCNC(N)=NCC(c1cccs1)N1CCOCC1. The van der Waals surface area contributed by atoms with Gasteiger partial charge >= 0.3 is 0 Å². The van der Waals surface area contributed by atoms with Crippen molar-refractivity contribution in [2.45, 2.75) is 26.3 Å². The van der Waals surface area contributed by atoms with Crippen molar-refractivity contribution < 1.29 is 4.74 Å². The van der Waals surface area contributed by atoms with Crippen LogP contribution in [0.1, 0.15) is 31.2 Å². The van der Waals surface area contributed by atoms with Crippen LogP contribution in [0.4, 0.5) is 0 Å². The fraction of sp³-hybridized carbons (Fsp3) is 0.688. The predicted molar refractivity (Wildman–Crippen MR) is 93.4 cm³/mol. The molecular formula is C16H28N4OS. The molecule has 2 heterocycles. The number of hydrogen-bond acceptors (Lipinski definition) is 4. The van der Waals surface area contributed by atoms with Gasteiger partial charge in [0.15, 0.2) is 5.96 Å². The van der Waals surface area contributed by atoms with Crippen LogP contribution >= 0.6 is 11.3 Å². The minimum absolute atomic E-state index is 0.300. The Morgan fingerprint density at radius 2 is 2.23 bits per heavy atom. The lowest BCUT2D eigenvalue weighted by Gasteiger charge is -2.33. The fourth-order valence-electron chi connectivity index (χ4n) is 2.49. The van der Waals surface area contributed by atoms with Crippen molar-refractivity contribution in [3.8, 4) is 0 Å². The van der Waals surface area contributed by atoms with E-state index in [9.17, 15) is 0 Å². The Balaban J connectivity index is 1.91. The first-order valence-corrected chi connectivity index (χ1v) is 8.93. The quantitative estimate of drug-likeness (QED) is 0.595. The highest BCUT2D eigenvalue weighted by Crippen LogP contribution is 2.26. The van der Waals surface area contributed by atoms with Gasteiger partial charge in [-0.15, -0.1) is 11.3 Å². The second-order valence-electron chi connectivity index (χ2n) is 6.01. The van der Waals surface area contributed by atoms with Crippen molar-refractivity contribution in [2.24, 2.45) is 16.6 Å². The molecule has 3 N–H and O–H groups in total. The molecule has 6 heteroatoms. The van der Waals surface area contributed by atoms with E-state index in [4.69, 9.17) is 10.5 Å². The maximum absolute atomic E-state index is 5.99. The molecule has 0 amide bonds. The molecule has 2 rings (SSSR count). The van der Waals surface area contributed by atoms with Gasteiger partial charge in [-0.1, -0.05) is 19.9 Å². The van der Waals surface area contributed by atoms with Crippen LogP contribution in [-0.2, 0) is 4.74 Å². The number of nitrogens with one attached hydrogen (secondary N) is 1. The first-order chi connectivity index (χ1) is 10.7. The molecule has 1 aliphatic heterocycles. The zero-order valence-corrected chi connectivity index (χ0v) is 14.4. The summed E-state index contributed by atoms with van der Waals surface area (Å²) >= 11 is 1.79. The molecule has 5 nitrogen and oxygen atoms in total. The number of ether oxygens (including phenoxy) is 1. The molecule has 22 heavy (non-hydrogen) atoms. The van der Waals surface area contributed by atoms with Gasteiger partial charge in [0.05, 0.1) is 25.8 Å². The molecular weight excluding hydrogens is 296 g/mol. The highest BCUT2D eigenvalue weighted by Gasteiger charge is 2.23. The number of aliphatic imine (C=N–C) groups is 1. The molecule has 1 fully saturated rings. The van der Waals surface area contributed by atoms with Crippen molar-refractivity contribution in [1.82, 2.24) is 10.2 Å². The summed E-state index contributed by atoms with van der Waals surface area (Å²) in [5.41, 5.74) is 5.99. The molecule has 1 aromatic rings. The van der Waals surface area contributed by atoms with Gasteiger partial charge in [0.25, 0.3) is 0 Å². The van der Waals surface area contributed by atoms with Crippen LogP contribution in [0.5, 0.6) is 0 Å². The summed E-state index contributed by atoms with van der Waals surface area (Å²) in [6.07, 6.45) is 1.11. The van der Waals surface area contributed by atoms with Crippen LogP contribution in [0.2, 0.25) is 0 Å². The number of nitrogens with two attached hydrogens (primary N) is 1. The van der Waals surface area contributed by atoms with E-state index in [1.165, 1.54) is 4.88 Å². The molecule has 1 atom stereocenters. The Morgan fingerprint density at radius 1 is 1.45 bits per heavy atom. The molecule has 1 aromatic heterocycles. The van der Waals surface area contributed by atoms with Crippen molar-refractivity contribution in [2.75, 3.05) is 39.4 Å². The number of hydrogen-bond donors (Lipinski definition) is 2. The largest absolute Gasteiger partial charge is 0.379 e. The number of morpholine rings is 1. The van der Waals surface area contributed by atoms with Gasteiger partial charge in [-0.05, 0) is 23.8 Å². The highest BCUT2D eigenvalue weighted by molar-refractivity contribution is 7.10. The lowest BCUT2D eigenvalue weighted by molar-refractivity contribution is 0.0187. The zero-order chi connectivity index (χ0) is 15.8.